The van der Waals surface area contributed by atoms with Gasteiger partial charge in [-0.2, -0.15) is 0 Å². The normalized spacial score (nSPS) is 15.0. The van der Waals surface area contributed by atoms with Crippen molar-refractivity contribution < 1.29 is 29.1 Å². The third-order valence-corrected chi connectivity index (χ3v) is 4.95. The predicted octanol–water partition coefficient (Wildman–Crippen LogP) is -0.134. The van der Waals surface area contributed by atoms with Crippen LogP contribution in [0.2, 0.25) is 0 Å². The Bertz CT molecular complexity index is 695. The molecule has 190 valence electrons. The third kappa shape index (κ3) is 12.2. The fraction of sp³-hybridized carbons (Fsp3) is 0.773. The minimum absolute atomic E-state index is 0.0394. The fourth-order valence-corrected chi connectivity index (χ4v) is 3.19. The van der Waals surface area contributed by atoms with Gasteiger partial charge in [-0.05, 0) is 37.0 Å². The smallest absolute Gasteiger partial charge is 0.326 e. The number of carbonyl (C=O) groups is 5. The topological polar surface area (TPSA) is 194 Å². The maximum Gasteiger partial charge on any atom is 0.326 e. The Morgan fingerprint density at radius 2 is 1.24 bits per heavy atom. The number of carboxylic acid groups (broad SMARTS) is 1. The SMILES string of the molecule is CC(C)CC(N)C(=O)NC(CC(C)C)C(=O)NC(CCC(N)=O)C(=O)NC(C(=O)O)C(C)C. The summed E-state index contributed by atoms with van der Waals surface area (Å²) < 4.78 is 0. The maximum absolute atomic E-state index is 13.0. The zero-order valence-electron chi connectivity index (χ0n) is 20.5. The Hall–Kier alpha value is -2.69. The molecule has 4 unspecified atom stereocenters. The van der Waals surface area contributed by atoms with Gasteiger partial charge in [0.05, 0.1) is 6.04 Å². The molecule has 11 nitrogen and oxygen atoms in total. The summed E-state index contributed by atoms with van der Waals surface area (Å²) >= 11 is 0. The van der Waals surface area contributed by atoms with Gasteiger partial charge in [0, 0.05) is 6.42 Å². The first-order valence-corrected chi connectivity index (χ1v) is 11.3. The van der Waals surface area contributed by atoms with Crippen molar-refractivity contribution in [3.63, 3.8) is 0 Å². The highest BCUT2D eigenvalue weighted by Gasteiger charge is 2.31. The zero-order valence-corrected chi connectivity index (χ0v) is 20.5. The van der Waals surface area contributed by atoms with E-state index < -0.39 is 59.7 Å². The molecular formula is C22H41N5O6. The Morgan fingerprint density at radius 1 is 0.758 bits per heavy atom. The molecule has 8 N–H and O–H groups in total. The summed E-state index contributed by atoms with van der Waals surface area (Å²) in [7, 11) is 0. The summed E-state index contributed by atoms with van der Waals surface area (Å²) in [5, 5.41) is 16.9. The molecular weight excluding hydrogens is 430 g/mol. The van der Waals surface area contributed by atoms with E-state index in [1.807, 2.05) is 27.7 Å². The number of nitrogens with one attached hydrogen (secondary N) is 3. The van der Waals surface area contributed by atoms with Crippen LogP contribution in [0.25, 0.3) is 0 Å². The highest BCUT2D eigenvalue weighted by atomic mass is 16.4. The number of nitrogens with two attached hydrogens (primary N) is 2. The van der Waals surface area contributed by atoms with Gasteiger partial charge < -0.3 is 32.5 Å². The van der Waals surface area contributed by atoms with Crippen molar-refractivity contribution in [3.8, 4) is 0 Å². The minimum atomic E-state index is -1.22. The van der Waals surface area contributed by atoms with Gasteiger partial charge in [0.25, 0.3) is 0 Å². The van der Waals surface area contributed by atoms with Crippen molar-refractivity contribution in [2.45, 2.75) is 91.4 Å². The minimum Gasteiger partial charge on any atom is -0.480 e. The standard InChI is InChI=1S/C22H41N5O6/c1-11(2)9-14(23)19(29)26-16(10-12(3)4)21(31)25-15(7-8-17(24)28)20(30)27-18(13(5)6)22(32)33/h11-16,18H,7-10,23H2,1-6H3,(H2,24,28)(H,25,31)(H,26,29)(H,27,30)(H,32,33). The first kappa shape index (κ1) is 30.3. The van der Waals surface area contributed by atoms with E-state index in [2.05, 4.69) is 16.0 Å². The largest absolute Gasteiger partial charge is 0.480 e. The van der Waals surface area contributed by atoms with Gasteiger partial charge in [-0.1, -0.05) is 41.5 Å². The van der Waals surface area contributed by atoms with Crippen molar-refractivity contribution >= 4 is 29.6 Å². The third-order valence-electron chi connectivity index (χ3n) is 4.95. The molecule has 0 aliphatic heterocycles. The fourth-order valence-electron chi connectivity index (χ4n) is 3.19. The lowest BCUT2D eigenvalue weighted by Crippen LogP contribution is -2.58. The number of aliphatic carboxylic acids is 1. The number of amides is 4. The van der Waals surface area contributed by atoms with Crippen LogP contribution in [0.1, 0.15) is 67.2 Å². The van der Waals surface area contributed by atoms with Gasteiger partial charge >= 0.3 is 5.97 Å². The maximum atomic E-state index is 13.0. The predicted molar refractivity (Wildman–Crippen MR) is 124 cm³/mol. The van der Waals surface area contributed by atoms with Crippen LogP contribution in [-0.4, -0.2) is 58.9 Å². The second-order valence-electron chi connectivity index (χ2n) is 9.56. The molecule has 0 aromatic rings. The Kier molecular flexibility index (Phi) is 13.3. The highest BCUT2D eigenvalue weighted by Crippen LogP contribution is 2.10. The summed E-state index contributed by atoms with van der Waals surface area (Å²) in [5.41, 5.74) is 11.1. The van der Waals surface area contributed by atoms with Crippen molar-refractivity contribution in [1.82, 2.24) is 16.0 Å². The van der Waals surface area contributed by atoms with Crippen LogP contribution in [0.5, 0.6) is 0 Å². The first-order valence-electron chi connectivity index (χ1n) is 11.3. The van der Waals surface area contributed by atoms with Crippen LogP contribution < -0.4 is 27.4 Å². The number of hydrogen-bond acceptors (Lipinski definition) is 6. The molecule has 0 radical (unpaired) electrons. The van der Waals surface area contributed by atoms with E-state index in [0.717, 1.165) is 0 Å². The van der Waals surface area contributed by atoms with Gasteiger partial charge in [0.2, 0.25) is 23.6 Å². The summed E-state index contributed by atoms with van der Waals surface area (Å²) in [6.45, 7) is 10.9. The van der Waals surface area contributed by atoms with Crippen molar-refractivity contribution in [2.75, 3.05) is 0 Å². The first-order chi connectivity index (χ1) is 15.1. The number of carbonyl (C=O) groups excluding carboxylic acids is 4. The molecule has 0 bridgehead atoms. The molecule has 0 heterocycles. The van der Waals surface area contributed by atoms with E-state index in [9.17, 15) is 29.1 Å². The van der Waals surface area contributed by atoms with Gasteiger partial charge in [-0.15, -0.1) is 0 Å². The Morgan fingerprint density at radius 3 is 1.67 bits per heavy atom. The van der Waals surface area contributed by atoms with Crippen molar-refractivity contribution in [3.05, 3.63) is 0 Å². The van der Waals surface area contributed by atoms with E-state index in [1.54, 1.807) is 13.8 Å². The quantitative estimate of drug-likeness (QED) is 0.191. The van der Waals surface area contributed by atoms with Gasteiger partial charge in [-0.25, -0.2) is 4.79 Å². The molecule has 4 atom stereocenters. The lowest BCUT2D eigenvalue weighted by molar-refractivity contribution is -0.143. The van der Waals surface area contributed by atoms with Crippen LogP contribution in [0.15, 0.2) is 0 Å². The molecule has 0 saturated carbocycles. The number of carboxylic acids is 1. The van der Waals surface area contributed by atoms with Crippen LogP contribution in [0.3, 0.4) is 0 Å². The molecule has 0 aromatic carbocycles. The van der Waals surface area contributed by atoms with Gasteiger partial charge in [0.1, 0.15) is 18.1 Å². The lowest BCUT2D eigenvalue weighted by Gasteiger charge is -2.26. The molecule has 0 fully saturated rings. The molecule has 0 aliphatic carbocycles. The van der Waals surface area contributed by atoms with Crippen LogP contribution in [0.4, 0.5) is 0 Å². The molecule has 0 aliphatic rings. The number of primary amides is 1. The molecule has 0 spiro atoms. The number of rotatable bonds is 15. The van der Waals surface area contributed by atoms with Gasteiger partial charge in [0.15, 0.2) is 0 Å². The van der Waals surface area contributed by atoms with Crippen molar-refractivity contribution in [2.24, 2.45) is 29.2 Å². The summed E-state index contributed by atoms with van der Waals surface area (Å²) in [6, 6.07) is -4.13. The molecule has 11 heteroatoms. The van der Waals surface area contributed by atoms with Crippen molar-refractivity contribution in [1.29, 1.82) is 0 Å². The van der Waals surface area contributed by atoms with E-state index in [1.165, 1.54) is 0 Å². The number of hydrogen-bond donors (Lipinski definition) is 6. The molecule has 33 heavy (non-hydrogen) atoms. The lowest BCUT2D eigenvalue weighted by atomic mass is 9.99. The van der Waals surface area contributed by atoms with Crippen LogP contribution >= 0.6 is 0 Å². The monoisotopic (exact) mass is 471 g/mol. The second kappa shape index (κ2) is 14.5. The molecule has 4 amide bonds. The highest BCUT2D eigenvalue weighted by molar-refractivity contribution is 5.94. The van der Waals surface area contributed by atoms with Crippen LogP contribution in [-0.2, 0) is 24.0 Å². The Balaban J connectivity index is 5.56. The summed E-state index contributed by atoms with van der Waals surface area (Å²) in [5.74, 6) is -3.94. The Labute approximate surface area is 195 Å². The molecule has 0 saturated heterocycles. The molecule has 0 rings (SSSR count). The van der Waals surface area contributed by atoms with Crippen LogP contribution in [0, 0.1) is 17.8 Å². The van der Waals surface area contributed by atoms with E-state index in [4.69, 9.17) is 11.5 Å². The average Bonchev–Trinajstić information content (AvgIpc) is 2.66. The summed E-state index contributed by atoms with van der Waals surface area (Å²) in [4.78, 5) is 60.9. The average molecular weight is 472 g/mol. The summed E-state index contributed by atoms with van der Waals surface area (Å²) in [6.07, 6.45) is 0.419. The zero-order chi connectivity index (χ0) is 25.9. The molecule has 0 aromatic heterocycles. The van der Waals surface area contributed by atoms with E-state index in [-0.39, 0.29) is 24.7 Å². The van der Waals surface area contributed by atoms with E-state index in [0.29, 0.717) is 12.8 Å². The second-order valence-corrected chi connectivity index (χ2v) is 9.56. The van der Waals surface area contributed by atoms with Gasteiger partial charge in [-0.3, -0.25) is 19.2 Å². The van der Waals surface area contributed by atoms with E-state index >= 15 is 0 Å².